The van der Waals surface area contributed by atoms with Gasteiger partial charge in [-0.2, -0.15) is 0 Å². The first kappa shape index (κ1) is 29.4. The largest absolute Gasteiger partial charge is 0.497 e. The van der Waals surface area contributed by atoms with Gasteiger partial charge in [0.1, 0.15) is 17.5 Å². The molecular formula is C32H27N3O7S2. The van der Waals surface area contributed by atoms with Crippen LogP contribution < -0.4 is 19.8 Å². The highest BCUT2D eigenvalue weighted by atomic mass is 32.2. The highest BCUT2D eigenvalue weighted by Crippen LogP contribution is 2.54. The fraction of sp³-hybridized carbons (Fsp3) is 0.219. The van der Waals surface area contributed by atoms with Crippen LogP contribution in [0.15, 0.2) is 88.7 Å². The number of anilines is 2. The summed E-state index contributed by atoms with van der Waals surface area (Å²) >= 11 is 2.12. The van der Waals surface area contributed by atoms with E-state index >= 15 is 0 Å². The quantitative estimate of drug-likeness (QED) is 0.223. The topological polar surface area (TPSA) is 124 Å². The van der Waals surface area contributed by atoms with Gasteiger partial charge < -0.3 is 14.8 Å². The number of thiazole rings is 1. The normalized spacial score (nSPS) is 18.9. The minimum atomic E-state index is -0.843. The summed E-state index contributed by atoms with van der Waals surface area (Å²) in [6.07, 6.45) is 0. The summed E-state index contributed by atoms with van der Waals surface area (Å²) in [5.74, 6) is -2.52. The van der Waals surface area contributed by atoms with Crippen molar-refractivity contribution >= 4 is 58.2 Å². The van der Waals surface area contributed by atoms with E-state index in [-0.39, 0.29) is 23.9 Å². The molecule has 1 aromatic heterocycles. The summed E-state index contributed by atoms with van der Waals surface area (Å²) in [5, 5.41) is 2.45. The van der Waals surface area contributed by atoms with E-state index in [1.807, 2.05) is 18.2 Å². The van der Waals surface area contributed by atoms with Crippen molar-refractivity contribution in [3.63, 3.8) is 0 Å². The fourth-order valence-electron chi connectivity index (χ4n) is 5.51. The van der Waals surface area contributed by atoms with Crippen LogP contribution in [0.5, 0.6) is 5.75 Å². The molecule has 3 aromatic carbocycles. The second-order valence-electron chi connectivity index (χ2n) is 10.1. The molecule has 0 saturated carbocycles. The predicted molar refractivity (Wildman–Crippen MR) is 167 cm³/mol. The molecule has 0 aliphatic carbocycles. The number of fused-ring (bicyclic) bond motifs is 2. The highest BCUT2D eigenvalue weighted by molar-refractivity contribution is 8.00. The van der Waals surface area contributed by atoms with Gasteiger partial charge in [0.2, 0.25) is 17.7 Å². The number of rotatable bonds is 8. The van der Waals surface area contributed by atoms with Crippen LogP contribution in [0.2, 0.25) is 0 Å². The van der Waals surface area contributed by atoms with Crippen molar-refractivity contribution in [1.82, 2.24) is 4.57 Å². The standard InChI is InChI=1S/C32H27N3O7S2/c1-3-42-31(39)19-9-13-21(14-10-19)35-28(37)25-24(18-11-15-22(41-2)16-12-18)27-30(43-26(25)29(35)38)34(32(40)44-27)17-23(36)33-20-7-5-4-6-8-20/h4-16,24-26H,3,17H2,1-2H3,(H,33,36)/t24-,25?,26?/m1/s1. The van der Waals surface area contributed by atoms with Crippen LogP contribution in [0, 0.1) is 5.92 Å². The number of para-hydroxylation sites is 1. The minimum Gasteiger partial charge on any atom is -0.497 e. The lowest BCUT2D eigenvalue weighted by molar-refractivity contribution is -0.122. The van der Waals surface area contributed by atoms with Gasteiger partial charge in [-0.05, 0) is 61.0 Å². The summed E-state index contributed by atoms with van der Waals surface area (Å²) in [6.45, 7) is 1.68. The number of carbonyl (C=O) groups excluding carboxylic acids is 4. The van der Waals surface area contributed by atoms with Gasteiger partial charge in [-0.15, -0.1) is 0 Å². The van der Waals surface area contributed by atoms with Crippen molar-refractivity contribution in [3.05, 3.63) is 105 Å². The highest BCUT2D eigenvalue weighted by Gasteiger charge is 2.56. The Morgan fingerprint density at radius 3 is 2.27 bits per heavy atom. The van der Waals surface area contributed by atoms with E-state index in [4.69, 9.17) is 9.47 Å². The SMILES string of the molecule is CCOC(=O)c1ccc(N2C(=O)C3Sc4c(sc(=O)n4CC(=O)Nc4ccccc4)[C@H](c4ccc(OC)cc4)C3C2=O)cc1. The number of hydrogen-bond acceptors (Lipinski definition) is 9. The second kappa shape index (κ2) is 12.1. The number of thioether (sulfide) groups is 1. The monoisotopic (exact) mass is 629 g/mol. The Morgan fingerprint density at radius 1 is 0.909 bits per heavy atom. The van der Waals surface area contributed by atoms with Crippen LogP contribution in [0.4, 0.5) is 11.4 Å². The molecule has 0 spiro atoms. The molecule has 0 radical (unpaired) electrons. The van der Waals surface area contributed by atoms with Crippen LogP contribution in [-0.4, -0.2) is 47.2 Å². The first-order valence-corrected chi connectivity index (χ1v) is 15.5. The van der Waals surface area contributed by atoms with E-state index in [2.05, 4.69) is 5.32 Å². The Kier molecular flexibility index (Phi) is 8.11. The van der Waals surface area contributed by atoms with Crippen molar-refractivity contribution < 1.29 is 28.7 Å². The Morgan fingerprint density at radius 2 is 1.61 bits per heavy atom. The zero-order valence-electron chi connectivity index (χ0n) is 23.7. The number of imide groups is 1. The van der Waals surface area contributed by atoms with Gasteiger partial charge in [0.25, 0.3) is 0 Å². The van der Waals surface area contributed by atoms with Crippen LogP contribution >= 0.6 is 23.1 Å². The van der Waals surface area contributed by atoms with Gasteiger partial charge in [-0.1, -0.05) is 53.4 Å². The molecule has 2 aliphatic rings. The Bertz CT molecular complexity index is 1800. The Labute approximate surface area is 260 Å². The molecule has 0 bridgehead atoms. The molecule has 4 aromatic rings. The molecule has 1 saturated heterocycles. The maximum absolute atomic E-state index is 14.1. The summed E-state index contributed by atoms with van der Waals surface area (Å²) in [7, 11) is 1.55. The first-order chi connectivity index (χ1) is 21.3. The summed E-state index contributed by atoms with van der Waals surface area (Å²) in [6, 6.07) is 22.2. The number of amides is 3. The van der Waals surface area contributed by atoms with Gasteiger partial charge in [0.05, 0.1) is 35.9 Å². The van der Waals surface area contributed by atoms with Gasteiger partial charge in [0.15, 0.2) is 0 Å². The number of aromatic nitrogens is 1. The van der Waals surface area contributed by atoms with E-state index in [9.17, 15) is 24.0 Å². The summed E-state index contributed by atoms with van der Waals surface area (Å²) < 4.78 is 11.7. The molecule has 2 aliphatic heterocycles. The van der Waals surface area contributed by atoms with Crippen molar-refractivity contribution in [2.45, 2.75) is 29.7 Å². The summed E-state index contributed by atoms with van der Waals surface area (Å²) in [5.41, 5.74) is 1.97. The van der Waals surface area contributed by atoms with Crippen molar-refractivity contribution in [3.8, 4) is 5.75 Å². The fourth-order valence-corrected chi connectivity index (χ4v) is 8.28. The summed E-state index contributed by atoms with van der Waals surface area (Å²) in [4.78, 5) is 67.9. The van der Waals surface area contributed by atoms with Gasteiger partial charge >= 0.3 is 10.8 Å². The number of esters is 1. The third-order valence-electron chi connectivity index (χ3n) is 7.52. The lowest BCUT2D eigenvalue weighted by Gasteiger charge is -2.30. The van der Waals surface area contributed by atoms with E-state index in [1.165, 1.54) is 16.7 Å². The van der Waals surface area contributed by atoms with E-state index in [0.717, 1.165) is 33.6 Å². The molecule has 2 unspecified atom stereocenters. The Hall–Kier alpha value is -4.68. The van der Waals surface area contributed by atoms with Crippen LogP contribution in [0.25, 0.3) is 0 Å². The third kappa shape index (κ3) is 5.31. The maximum Gasteiger partial charge on any atom is 0.338 e. The van der Waals surface area contributed by atoms with Crippen molar-refractivity contribution in [2.24, 2.45) is 5.92 Å². The molecule has 224 valence electrons. The first-order valence-electron chi connectivity index (χ1n) is 13.8. The zero-order valence-corrected chi connectivity index (χ0v) is 25.4. The molecule has 10 nitrogen and oxygen atoms in total. The Balaban J connectivity index is 1.38. The lowest BCUT2D eigenvalue weighted by atomic mass is 9.83. The molecule has 3 amide bonds. The number of nitrogens with zero attached hydrogens (tertiary/aromatic N) is 2. The number of methoxy groups -OCH3 is 1. The van der Waals surface area contributed by atoms with Crippen molar-refractivity contribution in [2.75, 3.05) is 23.9 Å². The molecule has 1 fully saturated rings. The zero-order chi connectivity index (χ0) is 31.0. The molecular weight excluding hydrogens is 603 g/mol. The second-order valence-corrected chi connectivity index (χ2v) is 12.3. The smallest absolute Gasteiger partial charge is 0.338 e. The molecule has 1 N–H and O–H groups in total. The molecule has 6 rings (SSSR count). The average molecular weight is 630 g/mol. The number of hydrogen-bond donors (Lipinski definition) is 1. The third-order valence-corrected chi connectivity index (χ3v) is 10.1. The van der Waals surface area contributed by atoms with Crippen LogP contribution in [0.3, 0.4) is 0 Å². The minimum absolute atomic E-state index is 0.222. The maximum atomic E-state index is 14.1. The van der Waals surface area contributed by atoms with E-state index in [1.54, 1.807) is 62.6 Å². The molecule has 3 atom stereocenters. The van der Waals surface area contributed by atoms with Gasteiger partial charge in [0, 0.05) is 16.5 Å². The van der Waals surface area contributed by atoms with Crippen LogP contribution in [0.1, 0.15) is 33.6 Å². The molecule has 12 heteroatoms. The molecule has 3 heterocycles. The van der Waals surface area contributed by atoms with E-state index < -0.39 is 34.9 Å². The number of carbonyl (C=O) groups is 4. The number of nitrogens with one attached hydrogen (secondary N) is 1. The number of benzene rings is 3. The molecule has 44 heavy (non-hydrogen) atoms. The number of ether oxygens (including phenoxy) is 2. The van der Waals surface area contributed by atoms with Gasteiger partial charge in [-0.25, -0.2) is 9.69 Å². The predicted octanol–water partition coefficient (Wildman–Crippen LogP) is 4.53. The van der Waals surface area contributed by atoms with E-state index in [0.29, 0.717) is 32.6 Å². The lowest BCUT2D eigenvalue weighted by Crippen LogP contribution is -2.33. The van der Waals surface area contributed by atoms with Gasteiger partial charge in [-0.3, -0.25) is 23.7 Å². The van der Waals surface area contributed by atoms with Crippen LogP contribution in [-0.2, 0) is 25.7 Å². The average Bonchev–Trinajstić information content (AvgIpc) is 3.48. The van der Waals surface area contributed by atoms with Crippen molar-refractivity contribution in [1.29, 1.82) is 0 Å².